The van der Waals surface area contributed by atoms with Crippen molar-refractivity contribution in [3.05, 3.63) is 0 Å². The molecule has 0 aromatic rings. The monoisotopic (exact) mass is 358 g/mol. The summed E-state index contributed by atoms with van der Waals surface area (Å²) in [4.78, 5) is 28.0. The van der Waals surface area contributed by atoms with Gasteiger partial charge in [0.25, 0.3) is 0 Å². The van der Waals surface area contributed by atoms with Crippen LogP contribution in [-0.2, 0) is 9.47 Å². The van der Waals surface area contributed by atoms with E-state index in [0.29, 0.717) is 26.1 Å². The average molecular weight is 358 g/mol. The molecule has 0 aromatic carbocycles. The second kappa shape index (κ2) is 7.40. The van der Waals surface area contributed by atoms with E-state index < -0.39 is 29.0 Å². The molecule has 1 aliphatic heterocycles. The first-order chi connectivity index (χ1) is 11.1. The van der Waals surface area contributed by atoms with Crippen LogP contribution in [0.4, 0.5) is 9.59 Å². The molecule has 1 aliphatic rings. The first-order valence-electron chi connectivity index (χ1n) is 8.77. The molecule has 0 aromatic heterocycles. The van der Waals surface area contributed by atoms with Gasteiger partial charge in [0.1, 0.15) is 11.2 Å². The van der Waals surface area contributed by atoms with Crippen molar-refractivity contribution in [2.45, 2.75) is 84.7 Å². The molecule has 0 aliphatic carbocycles. The number of hydrogen-bond acceptors (Lipinski definition) is 5. The molecule has 7 nitrogen and oxygen atoms in total. The zero-order valence-electron chi connectivity index (χ0n) is 16.9. The largest absolute Gasteiger partial charge is 0.444 e. The Labute approximate surface area is 151 Å². The third kappa shape index (κ3) is 7.94. The number of ether oxygens (including phenoxy) is 2. The molecule has 0 spiro atoms. The van der Waals surface area contributed by atoms with Gasteiger partial charge in [-0.15, -0.1) is 0 Å². The Hall–Kier alpha value is -1.50. The summed E-state index contributed by atoms with van der Waals surface area (Å²) in [6.07, 6.45) is -0.492. The fourth-order valence-corrected chi connectivity index (χ4v) is 2.66. The smallest absolute Gasteiger partial charge is 0.410 e. The molecule has 1 atom stereocenters. The van der Waals surface area contributed by atoms with Gasteiger partial charge in [0, 0.05) is 19.6 Å². The second-order valence-electron chi connectivity index (χ2n) is 9.27. The first kappa shape index (κ1) is 21.5. The maximum Gasteiger partial charge on any atom is 0.410 e. The third-order valence-corrected chi connectivity index (χ3v) is 3.50. The van der Waals surface area contributed by atoms with Crippen LogP contribution in [-0.4, -0.2) is 69.6 Å². The number of carbonyl (C=O) groups is 2. The Kier molecular flexibility index (Phi) is 6.37. The van der Waals surface area contributed by atoms with Crippen molar-refractivity contribution in [2.24, 2.45) is 0 Å². The quantitative estimate of drug-likeness (QED) is 0.821. The summed E-state index contributed by atoms with van der Waals surface area (Å²) in [5.74, 6) is 0. The van der Waals surface area contributed by atoms with Crippen molar-refractivity contribution in [2.75, 3.05) is 19.6 Å². The number of hydrogen-bond donors (Lipinski definition) is 1. The molecule has 2 amide bonds. The summed E-state index contributed by atoms with van der Waals surface area (Å²) in [6, 6.07) is -0.337. The standard InChI is InChI=1S/C18H34N2O5/c1-16(2,3)24-14(21)19-9-10-20(15(22)25-17(4,5)6)13(12-19)11-18(7,8)23/h13,23H,9-12H2,1-8H3/t13-/m0/s1. The number of rotatable bonds is 2. The highest BCUT2D eigenvalue weighted by Gasteiger charge is 2.38. The van der Waals surface area contributed by atoms with Gasteiger partial charge in [-0.05, 0) is 61.8 Å². The molecular formula is C18H34N2O5. The number of nitrogens with zero attached hydrogens (tertiary/aromatic N) is 2. The molecule has 0 unspecified atom stereocenters. The van der Waals surface area contributed by atoms with Crippen LogP contribution < -0.4 is 0 Å². The average Bonchev–Trinajstić information content (AvgIpc) is 2.32. The van der Waals surface area contributed by atoms with Crippen LogP contribution in [0, 0.1) is 0 Å². The summed E-state index contributed by atoms with van der Waals surface area (Å²) >= 11 is 0. The molecular weight excluding hydrogens is 324 g/mol. The molecule has 7 heteroatoms. The fourth-order valence-electron chi connectivity index (χ4n) is 2.66. The lowest BCUT2D eigenvalue weighted by Crippen LogP contribution is -2.59. The Bertz CT molecular complexity index is 485. The highest BCUT2D eigenvalue weighted by molar-refractivity contribution is 5.71. The summed E-state index contributed by atoms with van der Waals surface area (Å²) in [5, 5.41) is 10.2. The van der Waals surface area contributed by atoms with E-state index in [2.05, 4.69) is 0 Å². The van der Waals surface area contributed by atoms with E-state index in [0.717, 1.165) is 0 Å². The van der Waals surface area contributed by atoms with Gasteiger partial charge >= 0.3 is 12.2 Å². The van der Waals surface area contributed by atoms with E-state index in [9.17, 15) is 14.7 Å². The predicted molar refractivity (Wildman–Crippen MR) is 95.4 cm³/mol. The summed E-state index contributed by atoms with van der Waals surface area (Å²) in [6.45, 7) is 15.3. The minimum absolute atomic E-state index is 0.304. The van der Waals surface area contributed by atoms with Crippen molar-refractivity contribution in [3.63, 3.8) is 0 Å². The van der Waals surface area contributed by atoms with Crippen LogP contribution in [0.5, 0.6) is 0 Å². The lowest BCUT2D eigenvalue weighted by Gasteiger charge is -2.43. The number of amides is 2. The zero-order chi connectivity index (χ0) is 19.6. The van der Waals surface area contributed by atoms with E-state index in [4.69, 9.17) is 9.47 Å². The van der Waals surface area contributed by atoms with E-state index >= 15 is 0 Å². The molecule has 1 fully saturated rings. The van der Waals surface area contributed by atoms with Crippen LogP contribution in [0.1, 0.15) is 61.8 Å². The maximum absolute atomic E-state index is 12.5. The lowest BCUT2D eigenvalue weighted by molar-refractivity contribution is -0.0317. The number of carbonyl (C=O) groups excluding carboxylic acids is 2. The van der Waals surface area contributed by atoms with Crippen molar-refractivity contribution in [3.8, 4) is 0 Å². The van der Waals surface area contributed by atoms with Crippen molar-refractivity contribution < 1.29 is 24.2 Å². The lowest BCUT2D eigenvalue weighted by atomic mass is 9.96. The normalized spacial score (nSPS) is 19.6. The zero-order valence-corrected chi connectivity index (χ0v) is 16.9. The first-order valence-corrected chi connectivity index (χ1v) is 8.77. The minimum Gasteiger partial charge on any atom is -0.444 e. The minimum atomic E-state index is -0.970. The van der Waals surface area contributed by atoms with Crippen molar-refractivity contribution in [1.29, 1.82) is 0 Å². The summed E-state index contributed by atoms with van der Waals surface area (Å²) < 4.78 is 10.9. The van der Waals surface area contributed by atoms with E-state index in [-0.39, 0.29) is 6.04 Å². The van der Waals surface area contributed by atoms with E-state index in [1.54, 1.807) is 23.6 Å². The topological polar surface area (TPSA) is 79.3 Å². The van der Waals surface area contributed by atoms with Crippen LogP contribution in [0.25, 0.3) is 0 Å². The van der Waals surface area contributed by atoms with E-state index in [1.165, 1.54) is 0 Å². The van der Waals surface area contributed by atoms with Gasteiger partial charge in [0.15, 0.2) is 0 Å². The fraction of sp³-hybridized carbons (Fsp3) is 0.889. The molecule has 1 heterocycles. The molecule has 1 rings (SSSR count). The molecule has 1 N–H and O–H groups in total. The van der Waals surface area contributed by atoms with Crippen molar-refractivity contribution in [1.82, 2.24) is 9.80 Å². The van der Waals surface area contributed by atoms with Gasteiger partial charge in [-0.2, -0.15) is 0 Å². The van der Waals surface area contributed by atoms with Gasteiger partial charge in [0.05, 0.1) is 11.6 Å². The van der Waals surface area contributed by atoms with Gasteiger partial charge < -0.3 is 24.4 Å². The second-order valence-corrected chi connectivity index (χ2v) is 9.27. The Morgan fingerprint density at radius 2 is 1.40 bits per heavy atom. The molecule has 25 heavy (non-hydrogen) atoms. The summed E-state index contributed by atoms with van der Waals surface area (Å²) in [5.41, 5.74) is -2.15. The van der Waals surface area contributed by atoms with Crippen LogP contribution in [0.2, 0.25) is 0 Å². The summed E-state index contributed by atoms with van der Waals surface area (Å²) in [7, 11) is 0. The van der Waals surface area contributed by atoms with Crippen LogP contribution in [0.3, 0.4) is 0 Å². The van der Waals surface area contributed by atoms with Gasteiger partial charge in [-0.25, -0.2) is 9.59 Å². The molecule has 0 saturated carbocycles. The van der Waals surface area contributed by atoms with E-state index in [1.807, 2.05) is 41.5 Å². The van der Waals surface area contributed by atoms with Gasteiger partial charge in [-0.3, -0.25) is 0 Å². The van der Waals surface area contributed by atoms with Crippen LogP contribution >= 0.6 is 0 Å². The molecule has 1 saturated heterocycles. The van der Waals surface area contributed by atoms with Crippen molar-refractivity contribution >= 4 is 12.2 Å². The Balaban J connectivity index is 2.88. The molecule has 146 valence electrons. The Morgan fingerprint density at radius 3 is 1.84 bits per heavy atom. The highest BCUT2D eigenvalue weighted by atomic mass is 16.6. The maximum atomic E-state index is 12.5. The number of piperazine rings is 1. The van der Waals surface area contributed by atoms with Gasteiger partial charge in [-0.1, -0.05) is 0 Å². The highest BCUT2D eigenvalue weighted by Crippen LogP contribution is 2.23. The molecule has 0 radical (unpaired) electrons. The number of aliphatic hydroxyl groups is 1. The Morgan fingerprint density at radius 1 is 0.920 bits per heavy atom. The third-order valence-electron chi connectivity index (χ3n) is 3.50. The van der Waals surface area contributed by atoms with Gasteiger partial charge in [0.2, 0.25) is 0 Å². The SMILES string of the molecule is CC(C)(O)C[C@H]1CN(C(=O)OC(C)(C)C)CCN1C(=O)OC(C)(C)C. The predicted octanol–water partition coefficient (Wildman–Crippen LogP) is 3.00. The molecule has 0 bridgehead atoms. The van der Waals surface area contributed by atoms with Crippen LogP contribution in [0.15, 0.2) is 0 Å².